The Morgan fingerprint density at radius 1 is 0.958 bits per heavy atom. The third-order valence-corrected chi connectivity index (χ3v) is 4.07. The van der Waals surface area contributed by atoms with Crippen LogP contribution < -0.4 is 5.32 Å². The Bertz CT molecular complexity index is 881. The Labute approximate surface area is 145 Å². The first-order valence-corrected chi connectivity index (χ1v) is 8.31. The molecule has 0 fully saturated rings. The van der Waals surface area contributed by atoms with Crippen LogP contribution in [0.4, 0.5) is 11.5 Å². The van der Waals surface area contributed by atoms with Crippen LogP contribution in [0.3, 0.4) is 0 Å². The quantitative estimate of drug-likeness (QED) is 0.533. The highest BCUT2D eigenvalue weighted by Crippen LogP contribution is 2.24. The number of thiocyanates is 1. The van der Waals surface area contributed by atoms with Crippen LogP contribution in [-0.2, 0) is 0 Å². The third kappa shape index (κ3) is 3.92. The summed E-state index contributed by atoms with van der Waals surface area (Å²) in [6.07, 6.45) is 0. The lowest BCUT2D eigenvalue weighted by Crippen LogP contribution is -1.99. The molecule has 1 N–H and O–H groups in total. The first kappa shape index (κ1) is 16.0. The summed E-state index contributed by atoms with van der Waals surface area (Å²) in [4.78, 5) is 9.89. The van der Waals surface area contributed by atoms with Crippen molar-refractivity contribution in [3.8, 4) is 16.7 Å². The molecule has 4 nitrogen and oxygen atoms in total. The molecule has 0 aliphatic rings. The summed E-state index contributed by atoms with van der Waals surface area (Å²) in [5, 5.41) is 14.0. The van der Waals surface area contributed by atoms with Crippen molar-refractivity contribution < 1.29 is 0 Å². The molecule has 0 bridgehead atoms. The summed E-state index contributed by atoms with van der Waals surface area (Å²) < 4.78 is 0. The van der Waals surface area contributed by atoms with Gasteiger partial charge in [-0.15, -0.1) is 0 Å². The van der Waals surface area contributed by atoms with Gasteiger partial charge in [0.2, 0.25) is 0 Å². The van der Waals surface area contributed by atoms with Crippen LogP contribution >= 0.6 is 11.8 Å². The van der Waals surface area contributed by atoms with Gasteiger partial charge >= 0.3 is 0 Å². The van der Waals surface area contributed by atoms with Crippen LogP contribution in [0.5, 0.6) is 0 Å². The molecule has 0 saturated carbocycles. The van der Waals surface area contributed by atoms with E-state index in [2.05, 4.69) is 51.9 Å². The highest BCUT2D eigenvalue weighted by Gasteiger charge is 2.05. The average Bonchev–Trinajstić information content (AvgIpc) is 2.57. The number of aryl methyl sites for hydroxylation is 2. The Hall–Kier alpha value is -2.84. The predicted molar refractivity (Wildman–Crippen MR) is 98.1 cm³/mol. The molecule has 3 rings (SSSR count). The molecule has 0 amide bonds. The first-order valence-electron chi connectivity index (χ1n) is 7.50. The van der Waals surface area contributed by atoms with Gasteiger partial charge in [-0.05, 0) is 49.9 Å². The molecule has 118 valence electrons. The van der Waals surface area contributed by atoms with Crippen LogP contribution in [0.1, 0.15) is 11.4 Å². The Morgan fingerprint density at radius 2 is 1.67 bits per heavy atom. The maximum absolute atomic E-state index is 8.69. The highest BCUT2D eigenvalue weighted by molar-refractivity contribution is 8.03. The van der Waals surface area contributed by atoms with E-state index in [0.29, 0.717) is 5.82 Å². The van der Waals surface area contributed by atoms with Crippen LogP contribution in [-0.4, -0.2) is 9.97 Å². The summed E-state index contributed by atoms with van der Waals surface area (Å²) >= 11 is 1.15. The number of rotatable bonds is 4. The summed E-state index contributed by atoms with van der Waals surface area (Å²) in [6, 6.07) is 17.9. The zero-order chi connectivity index (χ0) is 16.9. The standard InChI is InChI=1S/C19H16N4S/c1-13-3-5-15(6-4-13)18-11-19(22-14(2)21-18)23-16-7-9-17(10-8-16)24-12-20/h3-11H,1-2H3,(H,21,22,23). The monoisotopic (exact) mass is 332 g/mol. The number of nitrogens with zero attached hydrogens (tertiary/aromatic N) is 3. The average molecular weight is 332 g/mol. The zero-order valence-electron chi connectivity index (χ0n) is 13.4. The van der Waals surface area contributed by atoms with E-state index < -0.39 is 0 Å². The van der Waals surface area contributed by atoms with Gasteiger partial charge in [-0.3, -0.25) is 0 Å². The number of benzene rings is 2. The summed E-state index contributed by atoms with van der Waals surface area (Å²) in [5.74, 6) is 1.46. The van der Waals surface area contributed by atoms with E-state index in [1.807, 2.05) is 37.3 Å². The Morgan fingerprint density at radius 3 is 2.33 bits per heavy atom. The topological polar surface area (TPSA) is 61.6 Å². The van der Waals surface area contributed by atoms with Gasteiger partial charge in [0, 0.05) is 22.2 Å². The van der Waals surface area contributed by atoms with E-state index in [0.717, 1.165) is 39.4 Å². The molecule has 3 aromatic rings. The summed E-state index contributed by atoms with van der Waals surface area (Å²) in [6.45, 7) is 3.95. The fraction of sp³-hybridized carbons (Fsp3) is 0.105. The predicted octanol–water partition coefficient (Wildman–Crippen LogP) is 5.08. The Kier molecular flexibility index (Phi) is 4.78. The molecule has 0 radical (unpaired) electrons. The first-order chi connectivity index (χ1) is 11.6. The SMILES string of the molecule is Cc1ccc(-c2cc(Nc3ccc(SC#N)cc3)nc(C)n2)cc1. The molecule has 24 heavy (non-hydrogen) atoms. The van der Waals surface area contributed by atoms with E-state index in [1.165, 1.54) is 5.56 Å². The molecule has 1 heterocycles. The molecule has 2 aromatic carbocycles. The lowest BCUT2D eigenvalue weighted by atomic mass is 10.1. The van der Waals surface area contributed by atoms with Crippen molar-refractivity contribution >= 4 is 23.3 Å². The van der Waals surface area contributed by atoms with Crippen molar-refractivity contribution in [2.45, 2.75) is 18.7 Å². The van der Waals surface area contributed by atoms with Gasteiger partial charge in [-0.1, -0.05) is 29.8 Å². The molecule has 0 spiro atoms. The van der Waals surface area contributed by atoms with Crippen molar-refractivity contribution in [2.24, 2.45) is 0 Å². The van der Waals surface area contributed by atoms with Crippen LogP contribution in [0.15, 0.2) is 59.5 Å². The minimum atomic E-state index is 0.715. The minimum Gasteiger partial charge on any atom is -0.340 e. The lowest BCUT2D eigenvalue weighted by molar-refractivity contribution is 1.06. The van der Waals surface area contributed by atoms with Crippen LogP contribution in [0, 0.1) is 24.5 Å². The zero-order valence-corrected chi connectivity index (χ0v) is 14.3. The smallest absolute Gasteiger partial charge is 0.138 e. The summed E-state index contributed by atoms with van der Waals surface area (Å²) in [5.41, 5.74) is 4.10. The van der Waals surface area contributed by atoms with Crippen molar-refractivity contribution in [1.82, 2.24) is 9.97 Å². The number of hydrogen-bond donors (Lipinski definition) is 1. The second-order valence-electron chi connectivity index (χ2n) is 5.39. The minimum absolute atomic E-state index is 0.715. The van der Waals surface area contributed by atoms with Gasteiger partial charge in [-0.2, -0.15) is 5.26 Å². The Balaban J connectivity index is 1.86. The van der Waals surface area contributed by atoms with Crippen molar-refractivity contribution in [2.75, 3.05) is 5.32 Å². The van der Waals surface area contributed by atoms with E-state index >= 15 is 0 Å². The van der Waals surface area contributed by atoms with E-state index in [-0.39, 0.29) is 0 Å². The molecule has 1 aromatic heterocycles. The number of hydrogen-bond acceptors (Lipinski definition) is 5. The van der Waals surface area contributed by atoms with Gasteiger partial charge in [0.1, 0.15) is 17.0 Å². The number of nitrogens with one attached hydrogen (secondary N) is 1. The maximum atomic E-state index is 8.69. The molecule has 0 atom stereocenters. The van der Waals surface area contributed by atoms with Crippen molar-refractivity contribution in [1.29, 1.82) is 5.26 Å². The molecule has 0 unspecified atom stereocenters. The van der Waals surface area contributed by atoms with E-state index in [4.69, 9.17) is 5.26 Å². The van der Waals surface area contributed by atoms with E-state index in [9.17, 15) is 0 Å². The van der Waals surface area contributed by atoms with Crippen molar-refractivity contribution in [3.05, 3.63) is 66.0 Å². The van der Waals surface area contributed by atoms with Crippen LogP contribution in [0.2, 0.25) is 0 Å². The van der Waals surface area contributed by atoms with Gasteiger partial charge in [0.15, 0.2) is 0 Å². The second-order valence-corrected chi connectivity index (χ2v) is 6.25. The number of anilines is 2. The molecule has 0 aliphatic heterocycles. The fourth-order valence-electron chi connectivity index (χ4n) is 2.31. The van der Waals surface area contributed by atoms with Gasteiger partial charge in [0.05, 0.1) is 5.69 Å². The fourth-order valence-corrected chi connectivity index (χ4v) is 2.69. The number of aromatic nitrogens is 2. The van der Waals surface area contributed by atoms with Gasteiger partial charge in [0.25, 0.3) is 0 Å². The summed E-state index contributed by atoms with van der Waals surface area (Å²) in [7, 11) is 0. The number of nitriles is 1. The molecular weight excluding hydrogens is 316 g/mol. The van der Waals surface area contributed by atoms with Crippen molar-refractivity contribution in [3.63, 3.8) is 0 Å². The molecule has 0 aliphatic carbocycles. The molecule has 0 saturated heterocycles. The van der Waals surface area contributed by atoms with Gasteiger partial charge < -0.3 is 5.32 Å². The van der Waals surface area contributed by atoms with E-state index in [1.54, 1.807) is 0 Å². The maximum Gasteiger partial charge on any atom is 0.138 e. The third-order valence-electron chi connectivity index (χ3n) is 3.48. The second kappa shape index (κ2) is 7.16. The molecule has 5 heteroatoms. The highest BCUT2D eigenvalue weighted by atomic mass is 32.2. The lowest BCUT2D eigenvalue weighted by Gasteiger charge is -2.09. The van der Waals surface area contributed by atoms with Gasteiger partial charge in [-0.25, -0.2) is 9.97 Å². The van der Waals surface area contributed by atoms with Crippen LogP contribution in [0.25, 0.3) is 11.3 Å². The number of thioether (sulfide) groups is 1. The normalized spacial score (nSPS) is 10.2. The molecular formula is C19H16N4S. The largest absolute Gasteiger partial charge is 0.340 e.